The van der Waals surface area contributed by atoms with E-state index < -0.39 is 16.0 Å². The van der Waals surface area contributed by atoms with Crippen molar-refractivity contribution in [3.8, 4) is 0 Å². The Morgan fingerprint density at radius 1 is 1.45 bits per heavy atom. The van der Waals surface area contributed by atoms with Gasteiger partial charge in [-0.2, -0.15) is 0 Å². The van der Waals surface area contributed by atoms with Gasteiger partial charge >= 0.3 is 5.97 Å². The molecule has 0 saturated carbocycles. The van der Waals surface area contributed by atoms with Gasteiger partial charge in [-0.1, -0.05) is 0 Å². The first-order valence-corrected chi connectivity index (χ1v) is 7.68. The summed E-state index contributed by atoms with van der Waals surface area (Å²) in [4.78, 5) is 17.5. The van der Waals surface area contributed by atoms with E-state index in [-0.39, 0.29) is 17.0 Å². The number of aromatic nitrogens is 2. The minimum absolute atomic E-state index is 0.00615. The van der Waals surface area contributed by atoms with Crippen LogP contribution in [0.2, 0.25) is 0 Å². The second-order valence-electron chi connectivity index (χ2n) is 3.81. The Balaban J connectivity index is 2.25. The molecule has 0 atom stereocenters. The van der Waals surface area contributed by atoms with Gasteiger partial charge in [-0.25, -0.2) is 22.9 Å². The van der Waals surface area contributed by atoms with E-state index in [9.17, 15) is 13.2 Å². The largest absolute Gasteiger partial charge is 0.478 e. The van der Waals surface area contributed by atoms with Gasteiger partial charge < -0.3 is 10.1 Å². The molecule has 7 nitrogen and oxygen atoms in total. The Hall–Kier alpha value is -1.71. The lowest BCUT2D eigenvalue weighted by Gasteiger charge is -2.07. The molecule has 106 valence electrons. The summed E-state index contributed by atoms with van der Waals surface area (Å²) >= 11 is 3.06. The number of carboxylic acids is 1. The van der Waals surface area contributed by atoms with Gasteiger partial charge in [0.2, 0.25) is 10.0 Å². The molecule has 9 heteroatoms. The third kappa shape index (κ3) is 3.24. The van der Waals surface area contributed by atoms with Crippen molar-refractivity contribution in [3.05, 3.63) is 46.5 Å². The molecule has 0 radical (unpaired) electrons. The van der Waals surface area contributed by atoms with Crippen LogP contribution in [-0.2, 0) is 16.6 Å². The zero-order valence-corrected chi connectivity index (χ0v) is 12.4. The molecule has 0 amide bonds. The Labute approximate surface area is 123 Å². The highest BCUT2D eigenvalue weighted by molar-refractivity contribution is 9.10. The molecule has 0 bridgehead atoms. The molecule has 20 heavy (non-hydrogen) atoms. The molecular weight excluding hydrogens is 350 g/mol. The summed E-state index contributed by atoms with van der Waals surface area (Å²) in [5.74, 6) is -0.746. The summed E-state index contributed by atoms with van der Waals surface area (Å²) in [5, 5.41) is 8.98. The molecule has 1 aromatic carbocycles. The van der Waals surface area contributed by atoms with Crippen LogP contribution in [-0.4, -0.2) is 29.5 Å². The van der Waals surface area contributed by atoms with Crippen LogP contribution in [0.25, 0.3) is 0 Å². The summed E-state index contributed by atoms with van der Waals surface area (Å²) in [6, 6.07) is 3.79. The minimum atomic E-state index is -3.80. The van der Waals surface area contributed by atoms with Crippen molar-refractivity contribution in [1.82, 2.24) is 14.7 Å². The SMILES string of the molecule is O=C(O)c1cc(S(=O)(=O)NCc2ncc[nH]2)ccc1Br. The Morgan fingerprint density at radius 2 is 2.20 bits per heavy atom. The molecule has 0 spiro atoms. The number of carboxylic acid groups (broad SMARTS) is 1. The number of halogens is 1. The highest BCUT2D eigenvalue weighted by atomic mass is 79.9. The normalized spacial score (nSPS) is 11.4. The number of rotatable bonds is 5. The predicted octanol–water partition coefficient (Wildman–Crippen LogP) is 1.35. The van der Waals surface area contributed by atoms with Gasteiger partial charge in [0.15, 0.2) is 0 Å². The number of nitrogens with one attached hydrogen (secondary N) is 2. The fourth-order valence-corrected chi connectivity index (χ4v) is 2.91. The van der Waals surface area contributed by atoms with E-state index in [0.717, 1.165) is 6.07 Å². The fraction of sp³-hybridized carbons (Fsp3) is 0.0909. The molecule has 0 fully saturated rings. The Morgan fingerprint density at radius 3 is 2.80 bits per heavy atom. The van der Waals surface area contributed by atoms with Gasteiger partial charge in [0.25, 0.3) is 0 Å². The number of H-pyrrole nitrogens is 1. The standard InChI is InChI=1S/C11H10BrN3O4S/c12-9-2-1-7(5-8(9)11(16)17)20(18,19)15-6-10-13-3-4-14-10/h1-5,15H,6H2,(H,13,14)(H,16,17). The molecule has 0 aliphatic carbocycles. The maximum Gasteiger partial charge on any atom is 0.336 e. The van der Waals surface area contributed by atoms with E-state index in [4.69, 9.17) is 5.11 Å². The predicted molar refractivity (Wildman–Crippen MR) is 73.7 cm³/mol. The first kappa shape index (κ1) is 14.7. The zero-order valence-electron chi connectivity index (χ0n) is 10.00. The molecule has 0 aliphatic rings. The maximum atomic E-state index is 12.1. The van der Waals surface area contributed by atoms with E-state index in [2.05, 4.69) is 30.6 Å². The van der Waals surface area contributed by atoms with Gasteiger partial charge in [-0.05, 0) is 34.1 Å². The minimum Gasteiger partial charge on any atom is -0.478 e. The summed E-state index contributed by atoms with van der Waals surface area (Å²) in [6.07, 6.45) is 3.08. The van der Waals surface area contributed by atoms with E-state index in [0.29, 0.717) is 10.3 Å². The van der Waals surface area contributed by atoms with Crippen LogP contribution < -0.4 is 4.72 Å². The fourth-order valence-electron chi connectivity index (χ4n) is 1.48. The van der Waals surface area contributed by atoms with Crippen molar-refractivity contribution < 1.29 is 18.3 Å². The van der Waals surface area contributed by atoms with E-state index in [1.807, 2.05) is 0 Å². The molecule has 1 heterocycles. The van der Waals surface area contributed by atoms with Crippen LogP contribution in [0, 0.1) is 0 Å². The van der Waals surface area contributed by atoms with Gasteiger partial charge in [0.1, 0.15) is 5.82 Å². The van der Waals surface area contributed by atoms with Crippen molar-refractivity contribution in [2.24, 2.45) is 0 Å². The molecule has 1 aromatic heterocycles. The highest BCUT2D eigenvalue weighted by Crippen LogP contribution is 2.21. The lowest BCUT2D eigenvalue weighted by Crippen LogP contribution is -2.24. The van der Waals surface area contributed by atoms with Crippen molar-refractivity contribution in [3.63, 3.8) is 0 Å². The average Bonchev–Trinajstić information content (AvgIpc) is 2.89. The number of benzene rings is 1. The molecule has 0 saturated heterocycles. The number of nitrogens with zero attached hydrogens (tertiary/aromatic N) is 1. The van der Waals surface area contributed by atoms with Crippen LogP contribution in [0.1, 0.15) is 16.2 Å². The number of sulfonamides is 1. The van der Waals surface area contributed by atoms with Crippen molar-refractivity contribution in [2.45, 2.75) is 11.4 Å². The van der Waals surface area contributed by atoms with E-state index in [1.54, 1.807) is 6.20 Å². The van der Waals surface area contributed by atoms with Gasteiger partial charge in [-0.3, -0.25) is 0 Å². The smallest absolute Gasteiger partial charge is 0.336 e. The van der Waals surface area contributed by atoms with Crippen LogP contribution in [0.4, 0.5) is 0 Å². The second kappa shape index (κ2) is 5.73. The number of carbonyl (C=O) groups is 1. The number of aromatic amines is 1. The maximum absolute atomic E-state index is 12.1. The monoisotopic (exact) mass is 359 g/mol. The van der Waals surface area contributed by atoms with Crippen LogP contribution in [0.5, 0.6) is 0 Å². The van der Waals surface area contributed by atoms with Crippen LogP contribution >= 0.6 is 15.9 Å². The lowest BCUT2D eigenvalue weighted by atomic mass is 10.2. The number of hydrogen-bond acceptors (Lipinski definition) is 4. The summed E-state index contributed by atoms with van der Waals surface area (Å²) in [7, 11) is -3.80. The molecule has 0 unspecified atom stereocenters. The van der Waals surface area contributed by atoms with Crippen molar-refractivity contribution >= 4 is 31.9 Å². The first-order chi connectivity index (χ1) is 9.40. The van der Waals surface area contributed by atoms with E-state index in [1.165, 1.54) is 18.3 Å². The summed E-state index contributed by atoms with van der Waals surface area (Å²) in [5.41, 5.74) is -0.120. The average molecular weight is 360 g/mol. The molecule has 3 N–H and O–H groups in total. The quantitative estimate of drug-likeness (QED) is 0.745. The number of imidazole rings is 1. The Kier molecular flexibility index (Phi) is 4.21. The highest BCUT2D eigenvalue weighted by Gasteiger charge is 2.18. The van der Waals surface area contributed by atoms with Gasteiger partial charge in [-0.15, -0.1) is 0 Å². The third-order valence-electron chi connectivity index (χ3n) is 2.46. The topological polar surface area (TPSA) is 112 Å². The number of aromatic carboxylic acids is 1. The lowest BCUT2D eigenvalue weighted by molar-refractivity contribution is 0.0695. The zero-order chi connectivity index (χ0) is 14.8. The molecular formula is C11H10BrN3O4S. The van der Waals surface area contributed by atoms with Gasteiger partial charge in [0, 0.05) is 16.9 Å². The number of hydrogen-bond donors (Lipinski definition) is 3. The summed E-state index contributed by atoms with van der Waals surface area (Å²) in [6.45, 7) is -0.00615. The third-order valence-corrected chi connectivity index (χ3v) is 4.55. The molecule has 2 aromatic rings. The van der Waals surface area contributed by atoms with Crippen LogP contribution in [0.3, 0.4) is 0 Å². The Bertz CT molecular complexity index is 728. The first-order valence-electron chi connectivity index (χ1n) is 5.41. The van der Waals surface area contributed by atoms with Gasteiger partial charge in [0.05, 0.1) is 17.0 Å². The van der Waals surface area contributed by atoms with Crippen LogP contribution in [0.15, 0.2) is 40.0 Å². The molecule has 2 rings (SSSR count). The van der Waals surface area contributed by atoms with E-state index >= 15 is 0 Å². The summed E-state index contributed by atoms with van der Waals surface area (Å²) < 4.78 is 26.8. The molecule has 0 aliphatic heterocycles. The van der Waals surface area contributed by atoms with Crippen molar-refractivity contribution in [2.75, 3.05) is 0 Å². The van der Waals surface area contributed by atoms with Crippen molar-refractivity contribution in [1.29, 1.82) is 0 Å². The second-order valence-corrected chi connectivity index (χ2v) is 6.43.